The van der Waals surface area contributed by atoms with Gasteiger partial charge in [0, 0.05) is 45.3 Å². The van der Waals surface area contributed by atoms with Crippen LogP contribution in [-0.2, 0) is 13.0 Å². The van der Waals surface area contributed by atoms with Crippen molar-refractivity contribution in [1.82, 2.24) is 30.1 Å². The predicted octanol–water partition coefficient (Wildman–Crippen LogP) is 3.11. The van der Waals surface area contributed by atoms with Gasteiger partial charge in [-0.25, -0.2) is 0 Å². The summed E-state index contributed by atoms with van der Waals surface area (Å²) in [5.41, 5.74) is 2.28. The Bertz CT molecular complexity index is 957. The number of rotatable bonds is 8. The summed E-state index contributed by atoms with van der Waals surface area (Å²) in [4.78, 5) is 6.96. The van der Waals surface area contributed by atoms with Gasteiger partial charge in [0.05, 0.1) is 0 Å². The molecule has 2 N–H and O–H groups in total. The molecule has 1 saturated heterocycles. The molecule has 1 atom stereocenters. The third-order valence-corrected chi connectivity index (χ3v) is 5.71. The number of hydrogen-bond acceptors (Lipinski definition) is 4. The summed E-state index contributed by atoms with van der Waals surface area (Å²) in [7, 11) is 1.83. The van der Waals surface area contributed by atoms with Crippen molar-refractivity contribution in [2.75, 3.05) is 26.7 Å². The molecule has 8 heteroatoms. The van der Waals surface area contributed by atoms with Crippen molar-refractivity contribution in [3.05, 3.63) is 66.1 Å². The largest absolute Gasteiger partial charge is 0.356 e. The average Bonchev–Trinajstić information content (AvgIpc) is 3.41. The molecule has 3 aromatic rings. The van der Waals surface area contributed by atoms with Gasteiger partial charge in [-0.2, -0.15) is 0 Å². The fourth-order valence-corrected chi connectivity index (χ4v) is 4.10. The zero-order valence-corrected chi connectivity index (χ0v) is 20.4. The second-order valence-electron chi connectivity index (χ2n) is 7.78. The molecule has 0 radical (unpaired) electrons. The SMILES string of the molecule is CN=C(NCCCc1nnc2ccccn12)NCC1CCCN1Cc1ccccc1.I. The number of likely N-dealkylation sites (tertiary alicyclic amines) is 1. The first-order valence-electron chi connectivity index (χ1n) is 10.8. The van der Waals surface area contributed by atoms with Crippen molar-refractivity contribution in [3.8, 4) is 0 Å². The van der Waals surface area contributed by atoms with E-state index in [2.05, 4.69) is 65.5 Å². The number of fused-ring (bicyclic) bond motifs is 1. The van der Waals surface area contributed by atoms with Gasteiger partial charge in [0.1, 0.15) is 5.82 Å². The Hall–Kier alpha value is -2.20. The fourth-order valence-electron chi connectivity index (χ4n) is 4.10. The molecule has 0 amide bonds. The van der Waals surface area contributed by atoms with E-state index in [1.54, 1.807) is 0 Å². The van der Waals surface area contributed by atoms with Crippen LogP contribution in [0.2, 0.25) is 0 Å². The monoisotopic (exact) mass is 533 g/mol. The van der Waals surface area contributed by atoms with Crippen LogP contribution < -0.4 is 10.6 Å². The van der Waals surface area contributed by atoms with Crippen LogP contribution in [0.25, 0.3) is 5.65 Å². The lowest BCUT2D eigenvalue weighted by molar-refractivity contribution is 0.245. The van der Waals surface area contributed by atoms with E-state index >= 15 is 0 Å². The molecule has 31 heavy (non-hydrogen) atoms. The smallest absolute Gasteiger partial charge is 0.191 e. The number of guanidine groups is 1. The normalized spacial score (nSPS) is 16.9. The molecule has 166 valence electrons. The molecule has 7 nitrogen and oxygen atoms in total. The summed E-state index contributed by atoms with van der Waals surface area (Å²) >= 11 is 0. The molecule has 1 aromatic carbocycles. The van der Waals surface area contributed by atoms with E-state index in [1.165, 1.54) is 24.9 Å². The van der Waals surface area contributed by atoms with E-state index in [0.717, 1.165) is 49.9 Å². The standard InChI is InChI=1S/C23H31N7.HI/c1-24-23(25-14-7-13-22-28-27-21-12-5-6-16-30(21)22)26-17-20-11-8-15-29(20)18-19-9-3-2-4-10-19;/h2-6,9-10,12,16,20H,7-8,11,13-15,17-18H2,1H3,(H2,24,25,26);1H. The van der Waals surface area contributed by atoms with Crippen LogP contribution >= 0.6 is 24.0 Å². The Balaban J connectivity index is 0.00000272. The van der Waals surface area contributed by atoms with Gasteiger partial charge in [0.15, 0.2) is 11.6 Å². The van der Waals surface area contributed by atoms with Crippen molar-refractivity contribution in [1.29, 1.82) is 0 Å². The number of aliphatic imine (C=N–C) groups is 1. The highest BCUT2D eigenvalue weighted by atomic mass is 127. The van der Waals surface area contributed by atoms with Crippen molar-refractivity contribution in [2.45, 2.75) is 38.3 Å². The lowest BCUT2D eigenvalue weighted by Crippen LogP contribution is -2.45. The first-order chi connectivity index (χ1) is 14.8. The van der Waals surface area contributed by atoms with Crippen molar-refractivity contribution < 1.29 is 0 Å². The first kappa shape index (κ1) is 23.5. The van der Waals surface area contributed by atoms with Crippen molar-refractivity contribution in [3.63, 3.8) is 0 Å². The number of halogens is 1. The van der Waals surface area contributed by atoms with E-state index in [0.29, 0.717) is 6.04 Å². The maximum atomic E-state index is 4.39. The van der Waals surface area contributed by atoms with Gasteiger partial charge in [0.2, 0.25) is 0 Å². The maximum absolute atomic E-state index is 4.39. The lowest BCUT2D eigenvalue weighted by Gasteiger charge is -2.25. The summed E-state index contributed by atoms with van der Waals surface area (Å²) in [6, 6.07) is 17.2. The van der Waals surface area contributed by atoms with Gasteiger partial charge in [-0.15, -0.1) is 34.2 Å². The number of nitrogens with one attached hydrogen (secondary N) is 2. The highest BCUT2D eigenvalue weighted by molar-refractivity contribution is 14.0. The van der Waals surface area contributed by atoms with Gasteiger partial charge in [-0.3, -0.25) is 14.3 Å². The van der Waals surface area contributed by atoms with E-state index in [-0.39, 0.29) is 24.0 Å². The number of aromatic nitrogens is 3. The third-order valence-electron chi connectivity index (χ3n) is 5.71. The van der Waals surface area contributed by atoms with E-state index in [9.17, 15) is 0 Å². The van der Waals surface area contributed by atoms with Crippen LogP contribution in [0.4, 0.5) is 0 Å². The van der Waals surface area contributed by atoms with E-state index < -0.39 is 0 Å². The molecule has 0 spiro atoms. The predicted molar refractivity (Wildman–Crippen MR) is 136 cm³/mol. The summed E-state index contributed by atoms with van der Waals surface area (Å²) in [5, 5.41) is 15.5. The number of pyridine rings is 1. The molecule has 0 bridgehead atoms. The summed E-state index contributed by atoms with van der Waals surface area (Å²) in [5.74, 6) is 1.87. The molecular weight excluding hydrogens is 501 g/mol. The quantitative estimate of drug-likeness (QED) is 0.202. The van der Waals surface area contributed by atoms with Gasteiger partial charge in [-0.1, -0.05) is 36.4 Å². The summed E-state index contributed by atoms with van der Waals surface area (Å²) in [6.45, 7) is 3.95. The lowest BCUT2D eigenvalue weighted by atomic mass is 10.2. The molecule has 2 aromatic heterocycles. The molecular formula is C23H32IN7. The minimum atomic E-state index is 0. The molecule has 1 fully saturated rings. The summed E-state index contributed by atoms with van der Waals surface area (Å²) < 4.78 is 2.05. The second-order valence-corrected chi connectivity index (χ2v) is 7.78. The van der Waals surface area contributed by atoms with Crippen molar-refractivity contribution in [2.24, 2.45) is 4.99 Å². The highest BCUT2D eigenvalue weighted by Gasteiger charge is 2.24. The van der Waals surface area contributed by atoms with Crippen LogP contribution in [0.3, 0.4) is 0 Å². The minimum Gasteiger partial charge on any atom is -0.356 e. The zero-order valence-electron chi connectivity index (χ0n) is 18.1. The average molecular weight is 533 g/mol. The number of aryl methyl sites for hydroxylation is 1. The first-order valence-corrected chi connectivity index (χ1v) is 10.8. The number of nitrogens with zero attached hydrogens (tertiary/aromatic N) is 5. The Kier molecular flexibility index (Phi) is 9.08. The zero-order chi connectivity index (χ0) is 20.6. The van der Waals surface area contributed by atoms with Crippen LogP contribution in [0.1, 0.15) is 30.7 Å². The Morgan fingerprint density at radius 1 is 1.10 bits per heavy atom. The summed E-state index contributed by atoms with van der Waals surface area (Å²) in [6.07, 6.45) is 6.36. The van der Waals surface area contributed by atoms with Crippen LogP contribution in [0.5, 0.6) is 0 Å². The van der Waals surface area contributed by atoms with Crippen LogP contribution in [0, 0.1) is 0 Å². The van der Waals surface area contributed by atoms with Gasteiger partial charge in [-0.05, 0) is 43.5 Å². The van der Waals surface area contributed by atoms with E-state index in [1.807, 2.05) is 31.4 Å². The molecule has 1 unspecified atom stereocenters. The van der Waals surface area contributed by atoms with Crippen LogP contribution in [-0.4, -0.2) is 58.2 Å². The number of benzene rings is 1. The molecule has 3 heterocycles. The topological polar surface area (TPSA) is 69.8 Å². The fraction of sp³-hybridized carbons (Fsp3) is 0.435. The molecule has 1 aliphatic heterocycles. The molecule has 1 aliphatic rings. The molecule has 4 rings (SSSR count). The Labute approximate surface area is 201 Å². The van der Waals surface area contributed by atoms with Crippen molar-refractivity contribution >= 4 is 35.6 Å². The Morgan fingerprint density at radius 2 is 1.94 bits per heavy atom. The number of hydrogen-bond donors (Lipinski definition) is 2. The maximum Gasteiger partial charge on any atom is 0.191 e. The molecule has 0 saturated carbocycles. The highest BCUT2D eigenvalue weighted by Crippen LogP contribution is 2.19. The van der Waals surface area contributed by atoms with Gasteiger partial charge < -0.3 is 10.6 Å². The van der Waals surface area contributed by atoms with E-state index in [4.69, 9.17) is 0 Å². The Morgan fingerprint density at radius 3 is 2.77 bits per heavy atom. The van der Waals surface area contributed by atoms with Gasteiger partial charge in [0.25, 0.3) is 0 Å². The minimum absolute atomic E-state index is 0. The van der Waals surface area contributed by atoms with Crippen LogP contribution in [0.15, 0.2) is 59.7 Å². The second kappa shape index (κ2) is 12.0. The van der Waals surface area contributed by atoms with Gasteiger partial charge >= 0.3 is 0 Å². The third kappa shape index (κ3) is 6.39. The molecule has 0 aliphatic carbocycles.